The molecule has 0 radical (unpaired) electrons. The van der Waals surface area contributed by atoms with E-state index in [1.54, 1.807) is 11.8 Å². The zero-order valence-corrected chi connectivity index (χ0v) is 24.0. The molecule has 0 aliphatic rings. The largest absolute Gasteiger partial charge is 0.504 e. The molecule has 0 aromatic carbocycles. The van der Waals surface area contributed by atoms with E-state index >= 15 is 0 Å². The SMILES string of the molecule is CCO[Si](OCC)(OCC)C(C)C(C)C(C)(C)N(C(C)=O)C(C)(C)C(C)N(C)C(=O)CC. The number of rotatable bonds is 14. The van der Waals surface area contributed by atoms with E-state index < -0.39 is 19.9 Å². The van der Waals surface area contributed by atoms with E-state index in [9.17, 15) is 9.59 Å². The predicted molar refractivity (Wildman–Crippen MR) is 132 cm³/mol. The molecule has 0 aromatic rings. The fraction of sp³-hybridized carbons (Fsp3) is 0.917. The van der Waals surface area contributed by atoms with Gasteiger partial charge in [-0.15, -0.1) is 0 Å². The maximum atomic E-state index is 13.1. The summed E-state index contributed by atoms with van der Waals surface area (Å²) in [5.74, 6) is 0.0323. The molecule has 2 amide bonds. The lowest BCUT2D eigenvalue weighted by atomic mass is 9.79. The Morgan fingerprint density at radius 3 is 1.56 bits per heavy atom. The normalized spacial score (nSPS) is 15.8. The fourth-order valence-electron chi connectivity index (χ4n) is 4.92. The van der Waals surface area contributed by atoms with Crippen LogP contribution < -0.4 is 0 Å². The second-order valence-electron chi connectivity index (χ2n) is 9.68. The van der Waals surface area contributed by atoms with E-state index in [1.165, 1.54) is 0 Å². The van der Waals surface area contributed by atoms with Gasteiger partial charge in [-0.2, -0.15) is 0 Å². The molecule has 0 aliphatic carbocycles. The summed E-state index contributed by atoms with van der Waals surface area (Å²) in [4.78, 5) is 29.2. The van der Waals surface area contributed by atoms with Gasteiger partial charge in [-0.3, -0.25) is 9.59 Å². The molecule has 0 rings (SSSR count). The maximum Gasteiger partial charge on any atom is 0.504 e. The lowest BCUT2D eigenvalue weighted by molar-refractivity contribution is -0.153. The number of likely N-dealkylation sites (N-methyl/N-ethyl adjacent to an activating group) is 1. The van der Waals surface area contributed by atoms with Crippen LogP contribution in [-0.4, -0.2) is 74.4 Å². The molecule has 3 atom stereocenters. The molecule has 0 saturated heterocycles. The Balaban J connectivity index is 6.34. The van der Waals surface area contributed by atoms with Crippen LogP contribution in [0.4, 0.5) is 0 Å². The van der Waals surface area contributed by atoms with Gasteiger partial charge in [0.25, 0.3) is 0 Å². The Hall–Kier alpha value is -0.963. The molecule has 0 N–H and O–H groups in total. The van der Waals surface area contributed by atoms with Crippen molar-refractivity contribution in [3.05, 3.63) is 0 Å². The second-order valence-corrected chi connectivity index (χ2v) is 12.7. The van der Waals surface area contributed by atoms with Crippen LogP contribution in [0.5, 0.6) is 0 Å². The third kappa shape index (κ3) is 6.55. The minimum atomic E-state index is -2.99. The van der Waals surface area contributed by atoms with Gasteiger partial charge in [-0.25, -0.2) is 0 Å². The summed E-state index contributed by atoms with van der Waals surface area (Å²) < 4.78 is 18.6. The highest BCUT2D eigenvalue weighted by Gasteiger charge is 2.55. The van der Waals surface area contributed by atoms with Crippen LogP contribution >= 0.6 is 0 Å². The van der Waals surface area contributed by atoms with Gasteiger partial charge in [0.15, 0.2) is 0 Å². The smallest absolute Gasteiger partial charge is 0.374 e. The summed E-state index contributed by atoms with van der Waals surface area (Å²) in [6, 6.07) is -0.173. The molecule has 0 heterocycles. The van der Waals surface area contributed by atoms with Gasteiger partial charge >= 0.3 is 8.80 Å². The summed E-state index contributed by atoms with van der Waals surface area (Å²) in [5.41, 5.74) is -1.20. The lowest BCUT2D eigenvalue weighted by Crippen LogP contribution is -2.68. The molecule has 0 bridgehead atoms. The van der Waals surface area contributed by atoms with Gasteiger partial charge in [0, 0.05) is 51.3 Å². The van der Waals surface area contributed by atoms with Crippen LogP contribution in [0.3, 0.4) is 0 Å². The summed E-state index contributed by atoms with van der Waals surface area (Å²) in [6.07, 6.45) is 0.430. The highest BCUT2D eigenvalue weighted by atomic mass is 28.4. The van der Waals surface area contributed by atoms with Crippen molar-refractivity contribution in [3.63, 3.8) is 0 Å². The van der Waals surface area contributed by atoms with Gasteiger partial charge in [0.05, 0.1) is 11.6 Å². The van der Waals surface area contributed by atoms with E-state index in [4.69, 9.17) is 13.3 Å². The van der Waals surface area contributed by atoms with E-state index in [2.05, 4.69) is 27.7 Å². The Morgan fingerprint density at radius 1 is 0.844 bits per heavy atom. The fourth-order valence-corrected chi connectivity index (χ4v) is 8.19. The Morgan fingerprint density at radius 2 is 1.25 bits per heavy atom. The third-order valence-electron chi connectivity index (χ3n) is 7.23. The van der Waals surface area contributed by atoms with E-state index in [1.807, 2.05) is 60.4 Å². The monoisotopic (exact) mass is 474 g/mol. The van der Waals surface area contributed by atoms with Crippen molar-refractivity contribution in [3.8, 4) is 0 Å². The molecule has 8 heteroatoms. The lowest BCUT2D eigenvalue weighted by Gasteiger charge is -2.56. The minimum Gasteiger partial charge on any atom is -0.374 e. The standard InChI is InChI=1S/C24H50N2O5Si/c1-14-22(28)25(13)20(7)24(11,12)26(21(8)27)23(9,10)18(5)19(6)32(29-15-2,30-16-3)31-17-4/h18-20H,14-17H2,1-13H3. The highest BCUT2D eigenvalue weighted by Crippen LogP contribution is 2.43. The molecule has 3 unspecified atom stereocenters. The number of amides is 2. The van der Waals surface area contributed by atoms with Gasteiger partial charge in [0.2, 0.25) is 11.8 Å². The van der Waals surface area contributed by atoms with E-state index in [0.29, 0.717) is 26.2 Å². The van der Waals surface area contributed by atoms with Crippen LogP contribution in [0.1, 0.15) is 89.5 Å². The molecule has 0 aliphatic heterocycles. The Labute approximate surface area is 198 Å². The van der Waals surface area contributed by atoms with E-state index in [-0.39, 0.29) is 29.3 Å². The van der Waals surface area contributed by atoms with Crippen molar-refractivity contribution in [1.29, 1.82) is 0 Å². The van der Waals surface area contributed by atoms with Gasteiger partial charge < -0.3 is 23.1 Å². The minimum absolute atomic E-state index is 0.00127. The third-order valence-corrected chi connectivity index (χ3v) is 10.9. The number of carbonyl (C=O) groups excluding carboxylic acids is 2. The first kappa shape index (κ1) is 31.0. The first-order valence-electron chi connectivity index (χ1n) is 12.1. The Bertz CT molecular complexity index is 594. The average Bonchev–Trinajstić information content (AvgIpc) is 2.70. The number of hydrogen-bond acceptors (Lipinski definition) is 5. The zero-order valence-electron chi connectivity index (χ0n) is 23.0. The molecule has 32 heavy (non-hydrogen) atoms. The zero-order chi connectivity index (χ0) is 25.5. The molecule has 190 valence electrons. The van der Waals surface area contributed by atoms with Crippen molar-refractivity contribution in [2.75, 3.05) is 26.9 Å². The van der Waals surface area contributed by atoms with E-state index in [0.717, 1.165) is 0 Å². The second kappa shape index (κ2) is 12.5. The molecule has 7 nitrogen and oxygen atoms in total. The molecular weight excluding hydrogens is 424 g/mol. The summed E-state index contributed by atoms with van der Waals surface area (Å²) in [6.45, 7) is 25.4. The van der Waals surface area contributed by atoms with Crippen molar-refractivity contribution in [2.24, 2.45) is 5.92 Å². The summed E-state index contributed by atoms with van der Waals surface area (Å²) in [7, 11) is -1.17. The average molecular weight is 475 g/mol. The Kier molecular flexibility index (Phi) is 12.1. The molecule has 0 spiro atoms. The number of carbonyl (C=O) groups is 2. The first-order chi connectivity index (χ1) is 14.6. The quantitative estimate of drug-likeness (QED) is 0.341. The highest BCUT2D eigenvalue weighted by molar-refractivity contribution is 6.62. The van der Waals surface area contributed by atoms with Crippen LogP contribution in [-0.2, 0) is 22.9 Å². The molecule has 0 saturated carbocycles. The van der Waals surface area contributed by atoms with Crippen LogP contribution in [0.25, 0.3) is 0 Å². The van der Waals surface area contributed by atoms with Crippen molar-refractivity contribution >= 4 is 20.6 Å². The summed E-state index contributed by atoms with van der Waals surface area (Å²) >= 11 is 0. The number of hydrogen-bond donors (Lipinski definition) is 0. The first-order valence-corrected chi connectivity index (χ1v) is 13.9. The van der Waals surface area contributed by atoms with Crippen molar-refractivity contribution < 1.29 is 22.9 Å². The predicted octanol–water partition coefficient (Wildman–Crippen LogP) is 4.72. The van der Waals surface area contributed by atoms with Gasteiger partial charge in [-0.05, 0) is 61.3 Å². The maximum absolute atomic E-state index is 13.1. The van der Waals surface area contributed by atoms with Crippen LogP contribution in [0, 0.1) is 5.92 Å². The van der Waals surface area contributed by atoms with Crippen LogP contribution in [0.15, 0.2) is 0 Å². The van der Waals surface area contributed by atoms with Crippen LogP contribution in [0.2, 0.25) is 5.54 Å². The van der Waals surface area contributed by atoms with Gasteiger partial charge in [0.1, 0.15) is 0 Å². The molecule has 0 fully saturated rings. The topological polar surface area (TPSA) is 68.3 Å². The number of nitrogens with zero attached hydrogens (tertiary/aromatic N) is 2. The summed E-state index contributed by atoms with van der Waals surface area (Å²) in [5, 5.41) is 0. The molecular formula is C24H50N2O5Si. The van der Waals surface area contributed by atoms with Crippen molar-refractivity contribution in [1.82, 2.24) is 9.80 Å². The van der Waals surface area contributed by atoms with Crippen molar-refractivity contribution in [2.45, 2.75) is 112 Å². The van der Waals surface area contributed by atoms with Gasteiger partial charge in [-0.1, -0.05) is 20.8 Å². The molecule has 0 aromatic heterocycles.